The number of carbonyl (C=O) groups is 1. The normalized spacial score (nSPS) is 20.9. The summed E-state index contributed by atoms with van der Waals surface area (Å²) < 4.78 is 27.2. The molecule has 6 nitrogen and oxygen atoms in total. The minimum atomic E-state index is -3.53. The van der Waals surface area contributed by atoms with E-state index in [4.69, 9.17) is 0 Å². The van der Waals surface area contributed by atoms with Gasteiger partial charge in [0.15, 0.2) is 0 Å². The highest BCUT2D eigenvalue weighted by molar-refractivity contribution is 7.89. The lowest BCUT2D eigenvalue weighted by molar-refractivity contribution is 0.0698. The number of piperidine rings is 1. The first-order chi connectivity index (χ1) is 15.3. The molecule has 0 bridgehead atoms. The smallest absolute Gasteiger partial charge is 0.253 e. The van der Waals surface area contributed by atoms with Crippen LogP contribution in [0.2, 0.25) is 0 Å². The Balaban J connectivity index is 1.33. The first kappa shape index (κ1) is 23.0. The fourth-order valence-electron chi connectivity index (χ4n) is 4.61. The number of likely N-dealkylation sites (tertiary alicyclic amines) is 1. The molecule has 0 radical (unpaired) electrons. The number of amides is 1. The van der Waals surface area contributed by atoms with Crippen LogP contribution < -0.4 is 0 Å². The molecule has 2 aromatic carbocycles. The van der Waals surface area contributed by atoms with Crippen LogP contribution in [-0.2, 0) is 16.6 Å². The van der Waals surface area contributed by atoms with Crippen molar-refractivity contribution in [1.82, 2.24) is 14.1 Å². The number of nitrogens with zero attached hydrogens (tertiary/aromatic N) is 3. The Kier molecular flexibility index (Phi) is 6.98. The third kappa shape index (κ3) is 5.22. The Morgan fingerprint density at radius 2 is 1.59 bits per heavy atom. The van der Waals surface area contributed by atoms with Crippen molar-refractivity contribution < 1.29 is 13.2 Å². The van der Waals surface area contributed by atoms with Gasteiger partial charge in [0.1, 0.15) is 0 Å². The Hall–Kier alpha value is -2.22. The highest BCUT2D eigenvalue weighted by Crippen LogP contribution is 2.20. The highest BCUT2D eigenvalue weighted by Gasteiger charge is 2.30. The van der Waals surface area contributed by atoms with E-state index in [-0.39, 0.29) is 5.91 Å². The molecule has 1 amide bonds. The number of carbonyl (C=O) groups excluding carboxylic acids is 1. The van der Waals surface area contributed by atoms with Gasteiger partial charge in [0.05, 0.1) is 4.90 Å². The number of hydrogen-bond donors (Lipinski definition) is 0. The molecule has 0 unspecified atom stereocenters. The molecule has 0 aromatic heterocycles. The van der Waals surface area contributed by atoms with Crippen LogP contribution in [0.1, 0.15) is 41.3 Å². The number of piperazine rings is 1. The highest BCUT2D eigenvalue weighted by atomic mass is 32.2. The predicted molar refractivity (Wildman–Crippen MR) is 126 cm³/mol. The average Bonchev–Trinajstić information content (AvgIpc) is 2.79. The van der Waals surface area contributed by atoms with Crippen LogP contribution in [0.5, 0.6) is 0 Å². The van der Waals surface area contributed by atoms with Gasteiger partial charge in [-0.2, -0.15) is 4.31 Å². The number of rotatable bonds is 5. The Labute approximate surface area is 191 Å². The molecule has 1 atom stereocenters. The van der Waals surface area contributed by atoms with Gasteiger partial charge in [0.25, 0.3) is 5.91 Å². The number of aryl methyl sites for hydroxylation is 1. The lowest BCUT2D eigenvalue weighted by atomic mass is 9.99. The molecule has 4 rings (SSSR count). The Morgan fingerprint density at radius 3 is 2.22 bits per heavy atom. The molecular formula is C25H33N3O3S. The van der Waals surface area contributed by atoms with E-state index in [1.807, 2.05) is 43.3 Å². The largest absolute Gasteiger partial charge is 0.336 e. The van der Waals surface area contributed by atoms with Crippen molar-refractivity contribution in [2.45, 2.75) is 38.1 Å². The minimum absolute atomic E-state index is 0.0319. The predicted octanol–water partition coefficient (Wildman–Crippen LogP) is 3.37. The zero-order chi connectivity index (χ0) is 22.7. The molecule has 172 valence electrons. The SMILES string of the molecule is Cc1ccc(S(=O)(=O)N2CCN(C(=O)c3ccc(CN4CCC[C@H](C)C4)cc3)CC2)cc1. The van der Waals surface area contributed by atoms with Crippen molar-refractivity contribution in [3.63, 3.8) is 0 Å². The van der Waals surface area contributed by atoms with Gasteiger partial charge in [-0.15, -0.1) is 0 Å². The van der Waals surface area contributed by atoms with Crippen molar-refractivity contribution in [2.75, 3.05) is 39.3 Å². The van der Waals surface area contributed by atoms with E-state index in [9.17, 15) is 13.2 Å². The second kappa shape index (κ2) is 9.73. The van der Waals surface area contributed by atoms with Crippen LogP contribution in [-0.4, -0.2) is 67.7 Å². The first-order valence-corrected chi connectivity index (χ1v) is 12.9. The first-order valence-electron chi connectivity index (χ1n) is 11.5. The number of hydrogen-bond acceptors (Lipinski definition) is 4. The van der Waals surface area contributed by atoms with E-state index in [0.717, 1.165) is 31.1 Å². The maximum absolute atomic E-state index is 13.0. The van der Waals surface area contributed by atoms with Crippen molar-refractivity contribution in [1.29, 1.82) is 0 Å². The summed E-state index contributed by atoms with van der Waals surface area (Å²) in [6.07, 6.45) is 2.56. The fourth-order valence-corrected chi connectivity index (χ4v) is 6.04. The van der Waals surface area contributed by atoms with Gasteiger partial charge in [-0.05, 0) is 62.1 Å². The molecule has 0 saturated carbocycles. The van der Waals surface area contributed by atoms with E-state index in [0.29, 0.717) is 36.6 Å². The summed E-state index contributed by atoms with van der Waals surface area (Å²) in [6, 6.07) is 14.8. The lowest BCUT2D eigenvalue weighted by Gasteiger charge is -2.34. The molecule has 2 aliphatic rings. The number of sulfonamides is 1. The lowest BCUT2D eigenvalue weighted by Crippen LogP contribution is -2.50. The summed E-state index contributed by atoms with van der Waals surface area (Å²) in [6.45, 7) is 8.86. The third-order valence-corrected chi connectivity index (χ3v) is 8.45. The maximum Gasteiger partial charge on any atom is 0.253 e. The van der Waals surface area contributed by atoms with E-state index >= 15 is 0 Å². The van der Waals surface area contributed by atoms with E-state index in [2.05, 4.69) is 11.8 Å². The van der Waals surface area contributed by atoms with Gasteiger partial charge in [-0.1, -0.05) is 36.8 Å². The molecule has 2 aliphatic heterocycles. The van der Waals surface area contributed by atoms with E-state index < -0.39 is 10.0 Å². The van der Waals surface area contributed by atoms with Gasteiger partial charge in [0.2, 0.25) is 10.0 Å². The van der Waals surface area contributed by atoms with Gasteiger partial charge in [-0.25, -0.2) is 8.42 Å². The van der Waals surface area contributed by atoms with E-state index in [1.54, 1.807) is 17.0 Å². The molecule has 2 aromatic rings. The molecule has 0 spiro atoms. The molecule has 2 fully saturated rings. The van der Waals surface area contributed by atoms with Crippen LogP contribution in [0.15, 0.2) is 53.4 Å². The average molecular weight is 456 g/mol. The van der Waals surface area contributed by atoms with Crippen LogP contribution in [0.3, 0.4) is 0 Å². The molecule has 7 heteroatoms. The maximum atomic E-state index is 13.0. The quantitative estimate of drug-likeness (QED) is 0.694. The molecule has 0 N–H and O–H groups in total. The summed E-state index contributed by atoms with van der Waals surface area (Å²) in [7, 11) is -3.53. The molecular weight excluding hydrogens is 422 g/mol. The third-order valence-electron chi connectivity index (χ3n) is 6.53. The van der Waals surface area contributed by atoms with Gasteiger partial charge >= 0.3 is 0 Å². The summed E-state index contributed by atoms with van der Waals surface area (Å²) in [4.78, 5) is 17.5. The summed E-state index contributed by atoms with van der Waals surface area (Å²) in [5.74, 6) is 0.716. The monoisotopic (exact) mass is 455 g/mol. The van der Waals surface area contributed by atoms with Crippen molar-refractivity contribution in [3.05, 3.63) is 65.2 Å². The van der Waals surface area contributed by atoms with Crippen molar-refractivity contribution in [2.24, 2.45) is 5.92 Å². The zero-order valence-electron chi connectivity index (χ0n) is 19.0. The van der Waals surface area contributed by atoms with Crippen LogP contribution in [0.4, 0.5) is 0 Å². The molecule has 0 aliphatic carbocycles. The van der Waals surface area contributed by atoms with Gasteiger partial charge < -0.3 is 4.90 Å². The Morgan fingerprint density at radius 1 is 0.938 bits per heavy atom. The van der Waals surface area contributed by atoms with Crippen molar-refractivity contribution in [3.8, 4) is 0 Å². The number of benzene rings is 2. The topological polar surface area (TPSA) is 60.9 Å². The van der Waals surface area contributed by atoms with E-state index in [1.165, 1.54) is 22.7 Å². The fraction of sp³-hybridized carbons (Fsp3) is 0.480. The van der Waals surface area contributed by atoms with Crippen molar-refractivity contribution >= 4 is 15.9 Å². The summed E-state index contributed by atoms with van der Waals surface area (Å²) in [5, 5.41) is 0. The summed E-state index contributed by atoms with van der Waals surface area (Å²) in [5.41, 5.74) is 2.91. The minimum Gasteiger partial charge on any atom is -0.336 e. The van der Waals surface area contributed by atoms with Gasteiger partial charge in [0, 0.05) is 44.8 Å². The second-order valence-electron chi connectivity index (χ2n) is 9.19. The molecule has 2 saturated heterocycles. The summed E-state index contributed by atoms with van der Waals surface area (Å²) >= 11 is 0. The standard InChI is InChI=1S/C25H33N3O3S/c1-20-5-11-24(12-6-20)32(30,31)28-16-14-27(15-17-28)25(29)23-9-7-22(8-10-23)19-26-13-3-4-21(2)18-26/h5-12,21H,3-4,13-19H2,1-2H3/t21-/m0/s1. The van der Waals surface area contributed by atoms with Crippen LogP contribution in [0.25, 0.3) is 0 Å². The van der Waals surface area contributed by atoms with Crippen LogP contribution >= 0.6 is 0 Å². The second-order valence-corrected chi connectivity index (χ2v) is 11.1. The molecule has 32 heavy (non-hydrogen) atoms. The molecule has 2 heterocycles. The van der Waals surface area contributed by atoms with Gasteiger partial charge in [-0.3, -0.25) is 9.69 Å². The van der Waals surface area contributed by atoms with Crippen LogP contribution in [0, 0.1) is 12.8 Å². The Bertz CT molecular complexity index is 1030. The zero-order valence-corrected chi connectivity index (χ0v) is 19.9.